The maximum Gasteiger partial charge on any atom is 0.221 e. The van der Waals surface area contributed by atoms with E-state index in [1.807, 2.05) is 31.2 Å². The largest absolute Gasteiger partial charge is 0.494 e. The van der Waals surface area contributed by atoms with Gasteiger partial charge in [0.1, 0.15) is 5.75 Å². The van der Waals surface area contributed by atoms with Gasteiger partial charge in [-0.1, -0.05) is 0 Å². The molecule has 1 rings (SSSR count). The number of benzene rings is 1. The summed E-state index contributed by atoms with van der Waals surface area (Å²) in [6.45, 7) is 4.07. The lowest BCUT2D eigenvalue weighted by molar-refractivity contribution is -0.114. The maximum absolute atomic E-state index is 10.7. The van der Waals surface area contributed by atoms with Crippen molar-refractivity contribution in [3.63, 3.8) is 0 Å². The number of nitrogens with one attached hydrogen (secondary N) is 1. The highest BCUT2D eigenvalue weighted by Crippen LogP contribution is 2.15. The summed E-state index contributed by atoms with van der Waals surface area (Å²) in [6.07, 6.45) is 0. The normalized spacial score (nSPS) is 9.38. The van der Waals surface area contributed by atoms with Gasteiger partial charge in [-0.25, -0.2) is 0 Å². The summed E-state index contributed by atoms with van der Waals surface area (Å²) in [5.41, 5.74) is 0.788. The van der Waals surface area contributed by atoms with Crippen LogP contribution in [0.1, 0.15) is 13.8 Å². The molecule has 1 amide bonds. The van der Waals surface area contributed by atoms with Crippen LogP contribution in [0.2, 0.25) is 0 Å². The van der Waals surface area contributed by atoms with E-state index in [0.29, 0.717) is 6.61 Å². The van der Waals surface area contributed by atoms with Gasteiger partial charge in [0, 0.05) is 12.6 Å². The number of amides is 1. The summed E-state index contributed by atoms with van der Waals surface area (Å²) in [6, 6.07) is 7.28. The molecule has 1 N–H and O–H groups in total. The molecule has 0 aliphatic heterocycles. The number of carbonyl (C=O) groups is 1. The molecule has 70 valence electrons. The van der Waals surface area contributed by atoms with E-state index in [1.54, 1.807) is 0 Å². The minimum atomic E-state index is -0.0656. The van der Waals surface area contributed by atoms with Crippen molar-refractivity contribution in [3.8, 4) is 5.75 Å². The minimum Gasteiger partial charge on any atom is -0.494 e. The SMILES string of the molecule is CCO[14c]1[14cH][14cH][14c](NC(C)=O)[14cH][14cH]1. The van der Waals surface area contributed by atoms with E-state index >= 15 is 0 Å². The molecule has 0 fully saturated rings. The Labute approximate surface area is 77.7 Å². The fourth-order valence-electron chi connectivity index (χ4n) is 1.00. The first-order valence-corrected chi connectivity index (χ1v) is 4.23. The molecule has 3 heteroatoms. The third-order valence-electron chi connectivity index (χ3n) is 1.49. The molecule has 0 saturated heterocycles. The lowest BCUT2D eigenvalue weighted by Crippen LogP contribution is -2.05. The van der Waals surface area contributed by atoms with Crippen molar-refractivity contribution in [1.29, 1.82) is 0 Å². The van der Waals surface area contributed by atoms with Gasteiger partial charge in [-0.05, 0) is 31.2 Å². The lowest BCUT2D eigenvalue weighted by atomic mass is 10.8. The van der Waals surface area contributed by atoms with Crippen LogP contribution in [0, 0.1) is 0 Å². The fourth-order valence-corrected chi connectivity index (χ4v) is 1.00. The Bertz CT molecular complexity index is 279. The molecule has 0 spiro atoms. The quantitative estimate of drug-likeness (QED) is 0.793. The van der Waals surface area contributed by atoms with Crippen LogP contribution >= 0.6 is 0 Å². The first kappa shape index (κ1) is 9.58. The van der Waals surface area contributed by atoms with E-state index in [-0.39, 0.29) is 5.91 Å². The average molecular weight is 191 g/mol. The number of hydrogen-bond acceptors (Lipinski definition) is 2. The third-order valence-corrected chi connectivity index (χ3v) is 1.49. The second kappa shape index (κ2) is 4.50. The molecule has 3 nitrogen and oxygen atoms in total. The Balaban J connectivity index is 2.64. The van der Waals surface area contributed by atoms with Crippen LogP contribution in [0.25, 0.3) is 0 Å². The number of carbonyl (C=O) groups excluding carboxylic acids is 1. The van der Waals surface area contributed by atoms with E-state index in [0.717, 1.165) is 11.4 Å². The van der Waals surface area contributed by atoms with Gasteiger partial charge in [-0.15, -0.1) is 0 Å². The molecule has 0 aliphatic carbocycles. The van der Waals surface area contributed by atoms with Gasteiger partial charge in [-0.3, -0.25) is 4.79 Å². The maximum atomic E-state index is 10.7. The molecule has 0 radical (unpaired) electrons. The van der Waals surface area contributed by atoms with E-state index in [2.05, 4.69) is 5.32 Å². The van der Waals surface area contributed by atoms with Gasteiger partial charge in [0.15, 0.2) is 0 Å². The highest BCUT2D eigenvalue weighted by atomic mass is 16.7. The standard InChI is InChI=1S/C10H13NO2/c1-3-13-10-6-4-9(5-7-10)11-8(2)12/h4-7H,3H2,1-2H3,(H,11,12)/i4+2,5+2,6+2,7+2,9+2,10+2. The lowest BCUT2D eigenvalue weighted by Gasteiger charge is -2.04. The predicted octanol–water partition coefficient (Wildman–Crippen LogP) is 2.04. The topological polar surface area (TPSA) is 38.3 Å². The molecule has 1 aromatic carbocycles. The predicted molar refractivity (Wildman–Crippen MR) is 51.9 cm³/mol. The van der Waals surface area contributed by atoms with Gasteiger partial charge in [-0.2, -0.15) is 0 Å². The molecule has 0 unspecified atom stereocenters. The van der Waals surface area contributed by atoms with Crippen molar-refractivity contribution < 1.29 is 9.53 Å². The van der Waals surface area contributed by atoms with Crippen molar-refractivity contribution in [2.45, 2.75) is 13.8 Å². The zero-order valence-corrected chi connectivity index (χ0v) is 7.83. The van der Waals surface area contributed by atoms with Gasteiger partial charge in [0.2, 0.25) is 5.91 Å². The summed E-state index contributed by atoms with van der Waals surface area (Å²) >= 11 is 0. The molecule has 0 aromatic heterocycles. The second-order valence-electron chi connectivity index (χ2n) is 2.64. The Morgan fingerprint density at radius 2 is 2.00 bits per heavy atom. The van der Waals surface area contributed by atoms with E-state index in [1.165, 1.54) is 6.92 Å². The van der Waals surface area contributed by atoms with Gasteiger partial charge < -0.3 is 10.1 Å². The van der Waals surface area contributed by atoms with E-state index in [9.17, 15) is 4.79 Å². The summed E-state index contributed by atoms with van der Waals surface area (Å²) < 4.78 is 5.25. The van der Waals surface area contributed by atoms with Gasteiger partial charge in [0.25, 0.3) is 0 Å². The highest BCUT2D eigenvalue weighted by molar-refractivity contribution is 5.88. The Kier molecular flexibility index (Phi) is 3.31. The van der Waals surface area contributed by atoms with Crippen LogP contribution in [0.5, 0.6) is 5.75 Å². The van der Waals surface area contributed by atoms with Crippen molar-refractivity contribution in [2.24, 2.45) is 0 Å². The van der Waals surface area contributed by atoms with Crippen LogP contribution < -0.4 is 10.1 Å². The Hall–Kier alpha value is -1.51. The van der Waals surface area contributed by atoms with Crippen LogP contribution in [-0.4, -0.2) is 12.5 Å². The second-order valence-corrected chi connectivity index (χ2v) is 2.64. The monoisotopic (exact) mass is 191 g/mol. The molecule has 0 bridgehead atoms. The summed E-state index contributed by atoms with van der Waals surface area (Å²) in [4.78, 5) is 10.7. The molecule has 0 aliphatic rings. The molecule has 0 atom stereocenters. The number of rotatable bonds is 3. The zero-order chi connectivity index (χ0) is 9.68. The smallest absolute Gasteiger partial charge is 0.221 e. The molecular weight excluding hydrogens is 178 g/mol. The highest BCUT2D eigenvalue weighted by Gasteiger charge is 1.95. The summed E-state index contributed by atoms with van der Waals surface area (Å²) in [7, 11) is 0. The fraction of sp³-hybridized carbons (Fsp3) is 0.300. The molecular formula is C10H13NO2. The first-order valence-electron chi connectivity index (χ1n) is 4.23. The Morgan fingerprint density at radius 1 is 1.38 bits per heavy atom. The third kappa shape index (κ3) is 3.15. The molecule has 13 heavy (non-hydrogen) atoms. The van der Waals surface area contributed by atoms with Crippen molar-refractivity contribution >= 4 is 11.6 Å². The Morgan fingerprint density at radius 3 is 2.46 bits per heavy atom. The van der Waals surface area contributed by atoms with Crippen LogP contribution in [0.15, 0.2) is 24.3 Å². The molecule has 1 aromatic rings. The van der Waals surface area contributed by atoms with Gasteiger partial charge in [0.05, 0.1) is 6.61 Å². The van der Waals surface area contributed by atoms with Crippen LogP contribution in [0.3, 0.4) is 0 Å². The van der Waals surface area contributed by atoms with Crippen molar-refractivity contribution in [1.82, 2.24) is 0 Å². The number of ether oxygens (including phenoxy) is 1. The van der Waals surface area contributed by atoms with E-state index < -0.39 is 0 Å². The van der Waals surface area contributed by atoms with E-state index in [4.69, 9.17) is 4.74 Å². The van der Waals surface area contributed by atoms with Gasteiger partial charge >= 0.3 is 0 Å². The van der Waals surface area contributed by atoms with Crippen LogP contribution in [-0.2, 0) is 4.79 Å². The summed E-state index contributed by atoms with van der Waals surface area (Å²) in [5.74, 6) is 0.751. The van der Waals surface area contributed by atoms with Crippen molar-refractivity contribution in [2.75, 3.05) is 11.9 Å². The van der Waals surface area contributed by atoms with Crippen LogP contribution in [0.4, 0.5) is 5.69 Å². The number of anilines is 1. The summed E-state index contributed by atoms with van der Waals surface area (Å²) in [5, 5.41) is 2.68. The average Bonchev–Trinajstić information content (AvgIpc) is 2.08. The molecule has 0 heterocycles. The first-order chi connectivity index (χ1) is 6.22. The molecule has 0 saturated carbocycles. The number of hydrogen-bond donors (Lipinski definition) is 1. The zero-order valence-electron chi connectivity index (χ0n) is 7.83. The minimum absolute atomic E-state index is 0.0656. The van der Waals surface area contributed by atoms with Crippen molar-refractivity contribution in [3.05, 3.63) is 24.3 Å².